The second-order valence-corrected chi connectivity index (χ2v) is 5.27. The van der Waals surface area contributed by atoms with Gasteiger partial charge in [0.15, 0.2) is 5.11 Å². The van der Waals surface area contributed by atoms with Crippen molar-refractivity contribution in [3.8, 4) is 5.75 Å². The van der Waals surface area contributed by atoms with Gasteiger partial charge in [-0.15, -0.1) is 0 Å². The minimum Gasteiger partial charge on any atom is -0.497 e. The van der Waals surface area contributed by atoms with E-state index in [1.54, 1.807) is 26.2 Å². The smallest absolute Gasteiger partial charge is 0.274 e. The third-order valence-corrected chi connectivity index (χ3v) is 3.61. The highest BCUT2D eigenvalue weighted by Crippen LogP contribution is 2.24. The van der Waals surface area contributed by atoms with Crippen molar-refractivity contribution in [3.05, 3.63) is 63.7 Å². The summed E-state index contributed by atoms with van der Waals surface area (Å²) in [4.78, 5) is 10.5. The highest BCUT2D eigenvalue weighted by molar-refractivity contribution is 7.80. The van der Waals surface area contributed by atoms with E-state index in [0.29, 0.717) is 22.9 Å². The van der Waals surface area contributed by atoms with Crippen LogP contribution in [0.15, 0.2) is 42.5 Å². The zero-order valence-electron chi connectivity index (χ0n) is 12.8. The molecule has 7 heteroatoms. The van der Waals surface area contributed by atoms with Crippen molar-refractivity contribution in [2.75, 3.05) is 12.4 Å². The number of benzene rings is 2. The number of ether oxygens (including phenoxy) is 1. The molecule has 0 amide bonds. The van der Waals surface area contributed by atoms with Crippen LogP contribution in [0.3, 0.4) is 0 Å². The standard InChI is InChI=1S/C16H17N3O3S/c1-11-14(4-3-5-15(11)19(20)21)18-16(23)17-10-12-6-8-13(22-2)9-7-12/h3-9H,10H2,1-2H3,(H2,17,18,23). The summed E-state index contributed by atoms with van der Waals surface area (Å²) >= 11 is 5.24. The lowest BCUT2D eigenvalue weighted by Crippen LogP contribution is -2.28. The largest absolute Gasteiger partial charge is 0.497 e. The lowest BCUT2D eigenvalue weighted by molar-refractivity contribution is -0.385. The minimum absolute atomic E-state index is 0.0629. The van der Waals surface area contributed by atoms with E-state index in [0.717, 1.165) is 11.3 Å². The predicted molar refractivity (Wildman–Crippen MR) is 93.9 cm³/mol. The molecule has 0 fully saturated rings. The molecule has 0 aliphatic heterocycles. The number of nitrogens with zero attached hydrogens (tertiary/aromatic N) is 1. The maximum absolute atomic E-state index is 10.9. The van der Waals surface area contributed by atoms with Gasteiger partial charge in [0.25, 0.3) is 5.69 Å². The zero-order valence-corrected chi connectivity index (χ0v) is 13.6. The Balaban J connectivity index is 1.97. The maximum Gasteiger partial charge on any atom is 0.274 e. The van der Waals surface area contributed by atoms with Gasteiger partial charge in [0, 0.05) is 18.3 Å². The minimum atomic E-state index is -0.408. The van der Waals surface area contributed by atoms with Gasteiger partial charge in [-0.1, -0.05) is 18.2 Å². The third-order valence-electron chi connectivity index (χ3n) is 3.36. The summed E-state index contributed by atoms with van der Waals surface area (Å²) in [6.07, 6.45) is 0. The quantitative estimate of drug-likeness (QED) is 0.497. The third kappa shape index (κ3) is 4.40. The Hall–Kier alpha value is -2.67. The summed E-state index contributed by atoms with van der Waals surface area (Å²) in [5.41, 5.74) is 2.27. The van der Waals surface area contributed by atoms with E-state index in [1.807, 2.05) is 24.3 Å². The number of nitro benzene ring substituents is 1. The lowest BCUT2D eigenvalue weighted by atomic mass is 10.1. The van der Waals surface area contributed by atoms with Crippen LogP contribution in [0.25, 0.3) is 0 Å². The lowest BCUT2D eigenvalue weighted by Gasteiger charge is -2.12. The summed E-state index contributed by atoms with van der Waals surface area (Å²) in [6, 6.07) is 12.5. The van der Waals surface area contributed by atoms with E-state index in [4.69, 9.17) is 17.0 Å². The van der Waals surface area contributed by atoms with Crippen LogP contribution in [0.1, 0.15) is 11.1 Å². The molecule has 2 rings (SSSR count). The molecule has 0 aliphatic rings. The number of nitrogens with one attached hydrogen (secondary N) is 2. The summed E-state index contributed by atoms with van der Waals surface area (Å²) in [5, 5.41) is 17.4. The molecule has 0 aliphatic carbocycles. The molecule has 23 heavy (non-hydrogen) atoms. The average molecular weight is 331 g/mol. The molecule has 0 radical (unpaired) electrons. The predicted octanol–water partition coefficient (Wildman–Crippen LogP) is 3.40. The van der Waals surface area contributed by atoms with E-state index in [-0.39, 0.29) is 5.69 Å². The Kier molecular flexibility index (Phi) is 5.48. The van der Waals surface area contributed by atoms with Gasteiger partial charge in [-0.2, -0.15) is 0 Å². The highest BCUT2D eigenvalue weighted by atomic mass is 32.1. The monoisotopic (exact) mass is 331 g/mol. The molecule has 0 saturated carbocycles. The molecule has 0 atom stereocenters. The van der Waals surface area contributed by atoms with Crippen LogP contribution in [0.5, 0.6) is 5.75 Å². The Bertz CT molecular complexity index is 717. The first-order chi connectivity index (χ1) is 11.0. The molecule has 0 unspecified atom stereocenters. The van der Waals surface area contributed by atoms with Gasteiger partial charge in [-0.25, -0.2) is 0 Å². The number of hydrogen-bond donors (Lipinski definition) is 2. The van der Waals surface area contributed by atoms with Gasteiger partial charge in [0.2, 0.25) is 0 Å². The molecular weight excluding hydrogens is 314 g/mol. The number of thiocarbonyl (C=S) groups is 1. The maximum atomic E-state index is 10.9. The van der Waals surface area contributed by atoms with Crippen LogP contribution in [0.4, 0.5) is 11.4 Å². The molecule has 2 aromatic rings. The van der Waals surface area contributed by atoms with Gasteiger partial charge >= 0.3 is 0 Å². The number of methoxy groups -OCH3 is 1. The van der Waals surface area contributed by atoms with Crippen LogP contribution >= 0.6 is 12.2 Å². The van der Waals surface area contributed by atoms with Crippen molar-refractivity contribution in [2.24, 2.45) is 0 Å². The average Bonchev–Trinajstić information content (AvgIpc) is 2.55. The molecule has 2 N–H and O–H groups in total. The van der Waals surface area contributed by atoms with E-state index in [1.165, 1.54) is 6.07 Å². The Morgan fingerprint density at radius 3 is 2.57 bits per heavy atom. The first-order valence-corrected chi connectivity index (χ1v) is 7.34. The van der Waals surface area contributed by atoms with Gasteiger partial charge in [-0.05, 0) is 42.9 Å². The van der Waals surface area contributed by atoms with Gasteiger partial charge in [0.1, 0.15) is 5.75 Å². The van der Waals surface area contributed by atoms with Gasteiger partial charge < -0.3 is 15.4 Å². The molecule has 0 spiro atoms. The Morgan fingerprint density at radius 2 is 1.96 bits per heavy atom. The number of rotatable bonds is 5. The van der Waals surface area contributed by atoms with E-state index in [9.17, 15) is 10.1 Å². The first kappa shape index (κ1) is 16.7. The van der Waals surface area contributed by atoms with Crippen molar-refractivity contribution in [2.45, 2.75) is 13.5 Å². The highest BCUT2D eigenvalue weighted by Gasteiger charge is 2.13. The summed E-state index contributed by atoms with van der Waals surface area (Å²) in [6.45, 7) is 2.23. The molecule has 0 heterocycles. The molecule has 0 saturated heterocycles. The topological polar surface area (TPSA) is 76.4 Å². The van der Waals surface area contributed by atoms with Gasteiger partial charge in [0.05, 0.1) is 17.6 Å². The fraction of sp³-hybridized carbons (Fsp3) is 0.188. The number of nitro groups is 1. The molecule has 2 aromatic carbocycles. The SMILES string of the molecule is COc1ccc(CNC(=S)Nc2cccc([N+](=O)[O-])c2C)cc1. The zero-order chi connectivity index (χ0) is 16.8. The molecule has 0 aromatic heterocycles. The van der Waals surface area contributed by atoms with Crippen molar-refractivity contribution in [3.63, 3.8) is 0 Å². The summed E-state index contributed by atoms with van der Waals surface area (Å²) in [7, 11) is 1.62. The van der Waals surface area contributed by atoms with Crippen LogP contribution in [0, 0.1) is 17.0 Å². The van der Waals surface area contributed by atoms with E-state index < -0.39 is 4.92 Å². The van der Waals surface area contributed by atoms with Crippen molar-refractivity contribution < 1.29 is 9.66 Å². The molecule has 0 bridgehead atoms. The summed E-state index contributed by atoms with van der Waals surface area (Å²) in [5.74, 6) is 0.793. The van der Waals surface area contributed by atoms with E-state index in [2.05, 4.69) is 10.6 Å². The fourth-order valence-corrected chi connectivity index (χ4v) is 2.23. The summed E-state index contributed by atoms with van der Waals surface area (Å²) < 4.78 is 5.10. The normalized spacial score (nSPS) is 10.0. The van der Waals surface area contributed by atoms with Crippen LogP contribution in [0.2, 0.25) is 0 Å². The molecular formula is C16H17N3O3S. The second kappa shape index (κ2) is 7.55. The number of anilines is 1. The van der Waals surface area contributed by atoms with Crippen LogP contribution < -0.4 is 15.4 Å². The van der Waals surface area contributed by atoms with Crippen LogP contribution in [-0.2, 0) is 6.54 Å². The van der Waals surface area contributed by atoms with Crippen molar-refractivity contribution in [1.82, 2.24) is 5.32 Å². The second-order valence-electron chi connectivity index (χ2n) is 4.86. The van der Waals surface area contributed by atoms with Crippen molar-refractivity contribution >= 4 is 28.7 Å². The molecule has 120 valence electrons. The van der Waals surface area contributed by atoms with Crippen molar-refractivity contribution in [1.29, 1.82) is 0 Å². The van der Waals surface area contributed by atoms with Crippen LogP contribution in [-0.4, -0.2) is 17.1 Å². The van der Waals surface area contributed by atoms with Gasteiger partial charge in [-0.3, -0.25) is 10.1 Å². The van der Waals surface area contributed by atoms with E-state index >= 15 is 0 Å². The molecule has 6 nitrogen and oxygen atoms in total. The fourth-order valence-electron chi connectivity index (χ4n) is 2.05. The number of hydrogen-bond acceptors (Lipinski definition) is 4. The Morgan fingerprint density at radius 1 is 1.26 bits per heavy atom. The Labute approximate surface area is 139 Å². The first-order valence-electron chi connectivity index (χ1n) is 6.93.